The molecule has 1 aliphatic rings. The number of carbonyl (C=O) groups is 1. The van der Waals surface area contributed by atoms with Crippen LogP contribution in [-0.2, 0) is 4.79 Å². The highest BCUT2D eigenvalue weighted by molar-refractivity contribution is 8.00. The Labute approximate surface area is 149 Å². The molecule has 0 aromatic carbocycles. The summed E-state index contributed by atoms with van der Waals surface area (Å²) >= 11 is 1.02. The summed E-state index contributed by atoms with van der Waals surface area (Å²) in [5, 5.41) is 9.63. The van der Waals surface area contributed by atoms with E-state index in [2.05, 4.69) is 4.98 Å². The Morgan fingerprint density at radius 2 is 2.12 bits per heavy atom. The molecule has 1 amide bonds. The van der Waals surface area contributed by atoms with Crippen LogP contribution in [-0.4, -0.2) is 40.3 Å². The lowest BCUT2D eigenvalue weighted by molar-refractivity contribution is -0.164. The van der Waals surface area contributed by atoms with Crippen LogP contribution in [0.15, 0.2) is 11.1 Å². The molecule has 0 radical (unpaired) electrons. The maximum absolute atomic E-state index is 12.8. The van der Waals surface area contributed by atoms with Crippen LogP contribution in [0.5, 0.6) is 0 Å². The van der Waals surface area contributed by atoms with E-state index in [0.717, 1.165) is 35.1 Å². The highest BCUT2D eigenvalue weighted by Crippen LogP contribution is 2.36. The number of hydrogen-bond acceptors (Lipinski definition) is 4. The van der Waals surface area contributed by atoms with Gasteiger partial charge in [-0.3, -0.25) is 4.79 Å². The molecule has 4 nitrogen and oxygen atoms in total. The van der Waals surface area contributed by atoms with Crippen LogP contribution >= 0.6 is 11.8 Å². The molecular weight excluding hydrogens is 351 g/mol. The zero-order valence-corrected chi connectivity index (χ0v) is 15.2. The quantitative estimate of drug-likeness (QED) is 0.713. The Morgan fingerprint density at radius 3 is 2.64 bits per heavy atom. The smallest absolute Gasteiger partial charge is 0.330 e. The van der Waals surface area contributed by atoms with Crippen LogP contribution < -0.4 is 0 Å². The van der Waals surface area contributed by atoms with Crippen molar-refractivity contribution in [2.45, 2.75) is 50.9 Å². The van der Waals surface area contributed by atoms with Crippen molar-refractivity contribution in [2.75, 3.05) is 12.3 Å². The minimum Gasteiger partial charge on any atom is -0.330 e. The summed E-state index contributed by atoms with van der Waals surface area (Å²) in [6, 6.07) is 3.37. The first kappa shape index (κ1) is 19.6. The van der Waals surface area contributed by atoms with Crippen LogP contribution in [0.2, 0.25) is 0 Å². The fourth-order valence-corrected chi connectivity index (χ4v) is 3.73. The number of hydrogen-bond donors (Lipinski definition) is 0. The number of aryl methyl sites for hydroxylation is 2. The maximum atomic E-state index is 12.8. The first-order valence-electron chi connectivity index (χ1n) is 7.99. The van der Waals surface area contributed by atoms with Crippen LogP contribution in [0.25, 0.3) is 0 Å². The van der Waals surface area contributed by atoms with Gasteiger partial charge in [-0.2, -0.15) is 18.4 Å². The Kier molecular flexibility index (Phi) is 5.99. The number of thioether (sulfide) groups is 1. The van der Waals surface area contributed by atoms with Crippen molar-refractivity contribution in [2.24, 2.45) is 5.92 Å². The van der Waals surface area contributed by atoms with Crippen molar-refractivity contribution in [3.05, 3.63) is 22.9 Å². The topological polar surface area (TPSA) is 57.0 Å². The van der Waals surface area contributed by atoms with Crippen molar-refractivity contribution >= 4 is 17.7 Å². The van der Waals surface area contributed by atoms with Gasteiger partial charge in [0.05, 0.1) is 11.3 Å². The fourth-order valence-electron chi connectivity index (χ4n) is 2.74. The molecule has 1 aromatic heterocycles. The molecule has 0 unspecified atom stereocenters. The lowest BCUT2D eigenvalue weighted by Gasteiger charge is -2.30. The minimum absolute atomic E-state index is 0.144. The number of rotatable bonds is 6. The van der Waals surface area contributed by atoms with E-state index in [1.165, 1.54) is 0 Å². The van der Waals surface area contributed by atoms with E-state index in [4.69, 9.17) is 0 Å². The monoisotopic (exact) mass is 371 g/mol. The fraction of sp³-hybridized carbons (Fsp3) is 0.588. The summed E-state index contributed by atoms with van der Waals surface area (Å²) in [6.45, 7) is 3.96. The van der Waals surface area contributed by atoms with Crippen LogP contribution in [0.3, 0.4) is 0 Å². The minimum atomic E-state index is -4.43. The van der Waals surface area contributed by atoms with Crippen LogP contribution in [0.1, 0.15) is 36.6 Å². The third-order valence-corrected chi connectivity index (χ3v) is 5.18. The highest BCUT2D eigenvalue weighted by atomic mass is 32.2. The van der Waals surface area contributed by atoms with Gasteiger partial charge in [0.2, 0.25) is 5.91 Å². The van der Waals surface area contributed by atoms with Crippen molar-refractivity contribution in [3.8, 4) is 6.07 Å². The van der Waals surface area contributed by atoms with Gasteiger partial charge in [-0.05, 0) is 51.2 Å². The number of aromatic nitrogens is 1. The molecule has 1 saturated carbocycles. The van der Waals surface area contributed by atoms with E-state index >= 15 is 0 Å². The molecule has 1 fully saturated rings. The zero-order chi connectivity index (χ0) is 18.8. The lowest BCUT2D eigenvalue weighted by atomic mass is 10.1. The molecule has 0 aliphatic heterocycles. The number of nitrogens with zero attached hydrogens (tertiary/aromatic N) is 3. The number of alkyl halides is 3. The van der Waals surface area contributed by atoms with E-state index in [9.17, 15) is 23.2 Å². The van der Waals surface area contributed by atoms with Crippen molar-refractivity contribution in [1.29, 1.82) is 5.26 Å². The normalized spacial score (nSPS) is 15.6. The summed E-state index contributed by atoms with van der Waals surface area (Å²) < 4.78 is 38.5. The molecule has 1 aromatic rings. The summed E-state index contributed by atoms with van der Waals surface area (Å²) in [5.74, 6) is -0.602. The molecule has 2 rings (SSSR count). The maximum Gasteiger partial charge on any atom is 0.406 e. The number of amides is 1. The Hall–Kier alpha value is -1.75. The third-order valence-electron chi connectivity index (χ3n) is 4.22. The van der Waals surface area contributed by atoms with Crippen LogP contribution in [0.4, 0.5) is 13.2 Å². The second kappa shape index (κ2) is 7.65. The van der Waals surface area contributed by atoms with Gasteiger partial charge in [0, 0.05) is 11.7 Å². The average molecular weight is 371 g/mol. The Bertz CT molecular complexity index is 696. The number of pyridine rings is 1. The summed E-state index contributed by atoms with van der Waals surface area (Å²) in [4.78, 5) is 17.6. The second-order valence-corrected chi connectivity index (χ2v) is 7.34. The summed E-state index contributed by atoms with van der Waals surface area (Å²) in [7, 11) is 0. The largest absolute Gasteiger partial charge is 0.406 e. The number of nitriles is 1. The number of halogens is 3. The molecule has 0 saturated heterocycles. The lowest BCUT2D eigenvalue weighted by Crippen LogP contribution is -2.46. The van der Waals surface area contributed by atoms with Gasteiger partial charge >= 0.3 is 6.18 Å². The van der Waals surface area contributed by atoms with E-state index < -0.39 is 24.7 Å². The first-order chi connectivity index (χ1) is 11.6. The van der Waals surface area contributed by atoms with Gasteiger partial charge in [-0.25, -0.2) is 4.98 Å². The SMILES string of the molecule is Cc1cc(C)c(C#N)c(SCC(=O)N(CC(F)(F)F)[C@H](C)C2CC2)n1. The van der Waals surface area contributed by atoms with E-state index in [-0.39, 0.29) is 11.7 Å². The van der Waals surface area contributed by atoms with Crippen molar-refractivity contribution < 1.29 is 18.0 Å². The average Bonchev–Trinajstić information content (AvgIpc) is 3.33. The highest BCUT2D eigenvalue weighted by Gasteiger charge is 2.40. The van der Waals surface area contributed by atoms with E-state index in [1.54, 1.807) is 26.8 Å². The molecule has 25 heavy (non-hydrogen) atoms. The van der Waals surface area contributed by atoms with Gasteiger partial charge in [0.15, 0.2) is 0 Å². The van der Waals surface area contributed by atoms with Gasteiger partial charge in [-0.15, -0.1) is 0 Å². The number of carbonyl (C=O) groups excluding carboxylic acids is 1. The molecule has 136 valence electrons. The van der Waals surface area contributed by atoms with E-state index in [1.807, 2.05) is 6.07 Å². The van der Waals surface area contributed by atoms with Gasteiger partial charge < -0.3 is 4.90 Å². The van der Waals surface area contributed by atoms with Crippen LogP contribution in [0, 0.1) is 31.1 Å². The molecule has 0 bridgehead atoms. The standard InChI is InChI=1S/C17H20F3N3OS/c1-10-6-11(2)22-16(14(10)7-21)25-8-15(24)23(9-17(18,19)20)12(3)13-4-5-13/h6,12-13H,4-5,8-9H2,1-3H3/t12-/m1/s1. The Balaban J connectivity index is 2.12. The van der Waals surface area contributed by atoms with Gasteiger partial charge in [0.25, 0.3) is 0 Å². The Morgan fingerprint density at radius 1 is 1.48 bits per heavy atom. The third kappa shape index (κ3) is 5.36. The molecular formula is C17H20F3N3OS. The summed E-state index contributed by atoms with van der Waals surface area (Å²) in [6.07, 6.45) is -2.72. The van der Waals surface area contributed by atoms with Crippen molar-refractivity contribution in [1.82, 2.24) is 9.88 Å². The molecule has 8 heteroatoms. The predicted molar refractivity (Wildman–Crippen MR) is 89.1 cm³/mol. The molecule has 1 atom stereocenters. The van der Waals surface area contributed by atoms with Gasteiger partial charge in [-0.1, -0.05) is 11.8 Å². The molecule has 1 heterocycles. The van der Waals surface area contributed by atoms with Crippen molar-refractivity contribution in [3.63, 3.8) is 0 Å². The molecule has 1 aliphatic carbocycles. The van der Waals surface area contributed by atoms with E-state index in [0.29, 0.717) is 16.3 Å². The van der Waals surface area contributed by atoms with Gasteiger partial charge in [0.1, 0.15) is 17.6 Å². The zero-order valence-electron chi connectivity index (χ0n) is 14.4. The molecule has 0 N–H and O–H groups in total. The summed E-state index contributed by atoms with van der Waals surface area (Å²) in [5.41, 5.74) is 1.80. The first-order valence-corrected chi connectivity index (χ1v) is 8.98. The second-order valence-electron chi connectivity index (χ2n) is 6.38. The molecule has 0 spiro atoms. The predicted octanol–water partition coefficient (Wildman–Crippen LogP) is 3.85.